The quantitative estimate of drug-likeness (QED) is 0.543. The monoisotopic (exact) mass is 298 g/mol. The molecule has 0 amide bonds. The van der Waals surface area contributed by atoms with Crippen molar-refractivity contribution in [2.75, 3.05) is 26.7 Å². The van der Waals surface area contributed by atoms with Crippen molar-refractivity contribution in [1.82, 2.24) is 4.90 Å². The van der Waals surface area contributed by atoms with Crippen LogP contribution in [0.1, 0.15) is 71.1 Å². The maximum Gasteiger partial charge on any atom is 0.184 e. The second kappa shape index (κ2) is 11.0. The first-order chi connectivity index (χ1) is 10.2. The molecular weight excluding hydrogens is 264 g/mol. The Morgan fingerprint density at radius 2 is 1.57 bits per heavy atom. The minimum Gasteiger partial charge on any atom is -0.543 e. The molecule has 1 fully saturated rings. The lowest BCUT2D eigenvalue weighted by Gasteiger charge is -2.25. The Balaban J connectivity index is 1.96. The van der Waals surface area contributed by atoms with E-state index >= 15 is 0 Å². The zero-order valence-electron chi connectivity index (χ0n) is 14.0. The summed E-state index contributed by atoms with van der Waals surface area (Å²) >= 11 is 0. The highest BCUT2D eigenvalue weighted by atomic mass is 16.4. The van der Waals surface area contributed by atoms with E-state index in [4.69, 9.17) is 0 Å². The fourth-order valence-corrected chi connectivity index (χ4v) is 3.35. The number of carbonyl (C=O) groups is 1. The van der Waals surface area contributed by atoms with Crippen molar-refractivity contribution in [3.63, 3.8) is 0 Å². The Morgan fingerprint density at radius 3 is 2.10 bits per heavy atom. The number of hydrogen-bond acceptors (Lipinski definition) is 3. The van der Waals surface area contributed by atoms with Gasteiger partial charge in [-0.3, -0.25) is 0 Å². The van der Waals surface area contributed by atoms with E-state index in [-0.39, 0.29) is 0 Å². The van der Waals surface area contributed by atoms with Gasteiger partial charge in [-0.25, -0.2) is 4.90 Å². The summed E-state index contributed by atoms with van der Waals surface area (Å²) < 4.78 is 0. The van der Waals surface area contributed by atoms with Crippen molar-refractivity contribution in [2.24, 2.45) is 0 Å². The van der Waals surface area contributed by atoms with Gasteiger partial charge in [0.15, 0.2) is 6.17 Å². The van der Waals surface area contributed by atoms with Crippen LogP contribution in [-0.2, 0) is 4.79 Å². The number of nitrogens with one attached hydrogen (secondary N) is 1. The largest absolute Gasteiger partial charge is 0.543 e. The van der Waals surface area contributed by atoms with Crippen LogP contribution in [-0.4, -0.2) is 43.7 Å². The molecule has 0 aromatic rings. The van der Waals surface area contributed by atoms with E-state index < -0.39 is 12.1 Å². The van der Waals surface area contributed by atoms with E-state index in [1.54, 1.807) is 0 Å². The van der Waals surface area contributed by atoms with Gasteiger partial charge >= 0.3 is 0 Å². The molecule has 21 heavy (non-hydrogen) atoms. The highest BCUT2D eigenvalue weighted by Crippen LogP contribution is 2.10. The van der Waals surface area contributed by atoms with Crippen LogP contribution in [0, 0.1) is 0 Å². The Hall–Kier alpha value is -0.610. The molecule has 2 unspecified atom stereocenters. The number of quaternary nitrogens is 1. The first-order valence-electron chi connectivity index (χ1n) is 8.92. The lowest BCUT2D eigenvalue weighted by molar-refractivity contribution is -0.911. The highest BCUT2D eigenvalue weighted by molar-refractivity contribution is 5.69. The van der Waals surface area contributed by atoms with Crippen molar-refractivity contribution in [3.05, 3.63) is 0 Å². The third-order valence-corrected chi connectivity index (χ3v) is 4.69. The fourth-order valence-electron chi connectivity index (χ4n) is 3.35. The first-order valence-corrected chi connectivity index (χ1v) is 8.92. The van der Waals surface area contributed by atoms with E-state index in [1.807, 2.05) is 11.9 Å². The van der Waals surface area contributed by atoms with Crippen LogP contribution in [0.25, 0.3) is 0 Å². The summed E-state index contributed by atoms with van der Waals surface area (Å²) in [7, 11) is 1.88. The Kier molecular flexibility index (Phi) is 9.68. The molecule has 0 aromatic carbocycles. The van der Waals surface area contributed by atoms with Gasteiger partial charge < -0.3 is 14.8 Å². The Bertz CT molecular complexity index is 284. The molecule has 4 heteroatoms. The summed E-state index contributed by atoms with van der Waals surface area (Å²) in [5.74, 6) is -0.919. The molecule has 0 aliphatic carbocycles. The minimum atomic E-state index is -0.919. The van der Waals surface area contributed by atoms with Crippen LogP contribution in [0.2, 0.25) is 0 Å². The predicted molar refractivity (Wildman–Crippen MR) is 84.0 cm³/mol. The van der Waals surface area contributed by atoms with E-state index in [0.29, 0.717) is 0 Å². The molecule has 2 atom stereocenters. The normalized spacial score (nSPS) is 22.8. The Labute approximate surface area is 130 Å². The number of likely N-dealkylation sites (N-methyl/N-ethyl adjacent to an activating group) is 1. The zero-order chi connectivity index (χ0) is 15.5. The van der Waals surface area contributed by atoms with Gasteiger partial charge in [0.05, 0.1) is 19.6 Å². The van der Waals surface area contributed by atoms with Crippen LogP contribution in [0.4, 0.5) is 0 Å². The number of carbonyl (C=O) groups excluding carboxylic acids is 1. The van der Waals surface area contributed by atoms with Crippen LogP contribution in [0.15, 0.2) is 0 Å². The molecule has 0 saturated carbocycles. The van der Waals surface area contributed by atoms with Gasteiger partial charge in [0.25, 0.3) is 0 Å². The number of carboxylic acid groups (broad SMARTS) is 1. The van der Waals surface area contributed by atoms with Crippen molar-refractivity contribution in [2.45, 2.75) is 77.3 Å². The molecule has 0 bridgehead atoms. The molecule has 0 aromatic heterocycles. The van der Waals surface area contributed by atoms with E-state index in [0.717, 1.165) is 26.1 Å². The lowest BCUT2D eigenvalue weighted by atomic mass is 10.1. The maximum atomic E-state index is 11.1. The SMILES string of the molecule is CCCCCCCCCCCC[NH+]1CCN(C)C1C(=O)[O-]. The van der Waals surface area contributed by atoms with Gasteiger partial charge in [0.2, 0.25) is 0 Å². The number of rotatable bonds is 12. The molecular formula is C17H34N2O2. The number of aliphatic carboxylic acids is 1. The summed E-state index contributed by atoms with van der Waals surface area (Å²) in [4.78, 5) is 14.2. The van der Waals surface area contributed by atoms with Gasteiger partial charge in [-0.2, -0.15) is 0 Å². The molecule has 1 aliphatic rings. The molecule has 1 saturated heterocycles. The van der Waals surface area contributed by atoms with Gasteiger partial charge in [-0.1, -0.05) is 58.3 Å². The molecule has 0 spiro atoms. The second-order valence-electron chi connectivity index (χ2n) is 6.54. The maximum absolute atomic E-state index is 11.1. The molecule has 1 heterocycles. The number of unbranched alkanes of at least 4 members (excludes halogenated alkanes) is 9. The number of nitrogens with zero attached hydrogens (tertiary/aromatic N) is 1. The first kappa shape index (κ1) is 18.4. The van der Waals surface area contributed by atoms with Crippen molar-refractivity contribution in [3.8, 4) is 0 Å². The molecule has 4 nitrogen and oxygen atoms in total. The molecule has 0 radical (unpaired) electrons. The van der Waals surface area contributed by atoms with E-state index in [9.17, 15) is 9.90 Å². The molecule has 1 rings (SSSR count). The molecule has 124 valence electrons. The topological polar surface area (TPSA) is 47.8 Å². The average molecular weight is 298 g/mol. The molecule has 1 aliphatic heterocycles. The van der Waals surface area contributed by atoms with Crippen LogP contribution in [0.5, 0.6) is 0 Å². The number of carboxylic acids is 1. The summed E-state index contributed by atoms with van der Waals surface area (Å²) in [6, 6.07) is 0. The van der Waals surface area contributed by atoms with E-state index in [1.165, 1.54) is 62.7 Å². The second-order valence-corrected chi connectivity index (χ2v) is 6.54. The van der Waals surface area contributed by atoms with Crippen molar-refractivity contribution in [1.29, 1.82) is 0 Å². The smallest absolute Gasteiger partial charge is 0.184 e. The highest BCUT2D eigenvalue weighted by Gasteiger charge is 2.33. The Morgan fingerprint density at radius 1 is 1.05 bits per heavy atom. The van der Waals surface area contributed by atoms with Gasteiger partial charge in [0.1, 0.15) is 5.97 Å². The summed E-state index contributed by atoms with van der Waals surface area (Å²) in [6.45, 7) is 5.03. The number of hydrogen-bond donors (Lipinski definition) is 1. The van der Waals surface area contributed by atoms with E-state index in [2.05, 4.69) is 6.92 Å². The minimum absolute atomic E-state index is 0.427. The van der Waals surface area contributed by atoms with Crippen LogP contribution >= 0.6 is 0 Å². The van der Waals surface area contributed by atoms with Crippen LogP contribution in [0.3, 0.4) is 0 Å². The van der Waals surface area contributed by atoms with Gasteiger partial charge in [-0.15, -0.1) is 0 Å². The van der Waals surface area contributed by atoms with Gasteiger partial charge in [0, 0.05) is 0 Å². The fraction of sp³-hybridized carbons (Fsp3) is 0.941. The van der Waals surface area contributed by atoms with Crippen LogP contribution < -0.4 is 10.0 Å². The summed E-state index contributed by atoms with van der Waals surface area (Å²) in [5.41, 5.74) is 0. The predicted octanol–water partition coefficient (Wildman–Crippen LogP) is 0.814. The van der Waals surface area contributed by atoms with Gasteiger partial charge in [-0.05, 0) is 19.9 Å². The summed E-state index contributed by atoms with van der Waals surface area (Å²) in [6.07, 6.45) is 12.8. The third kappa shape index (κ3) is 7.28. The summed E-state index contributed by atoms with van der Waals surface area (Å²) in [5, 5.41) is 11.1. The van der Waals surface area contributed by atoms with Crippen molar-refractivity contribution >= 4 is 5.97 Å². The standard InChI is InChI=1S/C17H34N2O2/c1-3-4-5-6-7-8-9-10-11-12-13-19-15-14-18(2)16(19)17(20)21/h16H,3-15H2,1-2H3,(H,20,21). The zero-order valence-corrected chi connectivity index (χ0v) is 14.0. The lowest BCUT2D eigenvalue weighted by Crippen LogP contribution is -3.16. The van der Waals surface area contributed by atoms with Crippen molar-refractivity contribution < 1.29 is 14.8 Å². The average Bonchev–Trinajstić information content (AvgIpc) is 2.82. The molecule has 1 N–H and O–H groups in total. The third-order valence-electron chi connectivity index (χ3n) is 4.69.